The summed E-state index contributed by atoms with van der Waals surface area (Å²) in [6.45, 7) is 0. The van der Waals surface area contributed by atoms with Crippen molar-refractivity contribution in [2.45, 2.75) is 37.5 Å². The lowest BCUT2D eigenvalue weighted by Crippen LogP contribution is -2.35. The fraction of sp³-hybridized carbons (Fsp3) is 0.400. The van der Waals surface area contributed by atoms with Crippen molar-refractivity contribution in [2.24, 2.45) is 11.8 Å². The van der Waals surface area contributed by atoms with E-state index in [1.54, 1.807) is 11.1 Å². The van der Waals surface area contributed by atoms with E-state index in [0.29, 0.717) is 5.41 Å². The third-order valence-electron chi connectivity index (χ3n) is 6.16. The molecule has 0 amide bonds. The van der Waals surface area contributed by atoms with E-state index in [1.807, 2.05) is 6.07 Å². The van der Waals surface area contributed by atoms with Gasteiger partial charge in [-0.15, -0.1) is 0 Å². The Labute approximate surface area is 130 Å². The molecule has 0 aromatic heterocycles. The van der Waals surface area contributed by atoms with Gasteiger partial charge in [0.1, 0.15) is 0 Å². The van der Waals surface area contributed by atoms with Gasteiger partial charge in [-0.1, -0.05) is 42.0 Å². The molecule has 1 fully saturated rings. The molecule has 1 spiro atoms. The molecule has 1 heteroatoms. The van der Waals surface area contributed by atoms with Gasteiger partial charge in [-0.25, -0.2) is 0 Å². The van der Waals surface area contributed by atoms with Crippen molar-refractivity contribution in [2.75, 3.05) is 0 Å². The van der Waals surface area contributed by atoms with Crippen molar-refractivity contribution in [1.82, 2.24) is 0 Å². The first-order valence-electron chi connectivity index (χ1n) is 8.16. The van der Waals surface area contributed by atoms with Crippen LogP contribution in [0.1, 0.15) is 36.8 Å². The molecule has 0 N–H and O–H groups in total. The Balaban J connectivity index is 1.78. The minimum Gasteiger partial charge on any atom is -0.0851 e. The first kappa shape index (κ1) is 12.3. The summed E-state index contributed by atoms with van der Waals surface area (Å²) in [6, 6.07) is 11.1. The van der Waals surface area contributed by atoms with Gasteiger partial charge in [-0.05, 0) is 72.6 Å². The average molecular weight is 295 g/mol. The summed E-state index contributed by atoms with van der Waals surface area (Å²) in [7, 11) is 0. The molecule has 0 heterocycles. The third kappa shape index (κ3) is 1.57. The maximum atomic E-state index is 6.40. The first-order chi connectivity index (χ1) is 10.3. The van der Waals surface area contributed by atoms with Crippen LogP contribution in [0.25, 0.3) is 10.8 Å². The normalized spacial score (nSPS) is 33.0. The Morgan fingerprint density at radius 3 is 2.90 bits per heavy atom. The summed E-state index contributed by atoms with van der Waals surface area (Å²) in [5, 5.41) is 3.44. The van der Waals surface area contributed by atoms with Gasteiger partial charge in [-0.2, -0.15) is 0 Å². The van der Waals surface area contributed by atoms with Gasteiger partial charge in [0.15, 0.2) is 0 Å². The smallest absolute Gasteiger partial charge is 0.0484 e. The van der Waals surface area contributed by atoms with Crippen molar-refractivity contribution in [3.63, 3.8) is 0 Å². The molecule has 0 aliphatic heterocycles. The van der Waals surface area contributed by atoms with Crippen molar-refractivity contribution in [1.29, 1.82) is 0 Å². The monoisotopic (exact) mass is 294 g/mol. The van der Waals surface area contributed by atoms with E-state index >= 15 is 0 Å². The number of hydrogen-bond acceptors (Lipinski definition) is 0. The molecule has 5 rings (SSSR count). The summed E-state index contributed by atoms with van der Waals surface area (Å²) in [5.74, 6) is 1.61. The molecule has 106 valence electrons. The molecule has 2 bridgehead atoms. The summed E-state index contributed by atoms with van der Waals surface area (Å²) >= 11 is 6.40. The van der Waals surface area contributed by atoms with Crippen molar-refractivity contribution in [3.8, 4) is 0 Å². The number of hydrogen-bond donors (Lipinski definition) is 0. The first-order valence-corrected chi connectivity index (χ1v) is 8.54. The average Bonchev–Trinajstić information content (AvgIpc) is 3.08. The van der Waals surface area contributed by atoms with E-state index in [9.17, 15) is 0 Å². The topological polar surface area (TPSA) is 0 Å². The lowest BCUT2D eigenvalue weighted by atomic mass is 9.63. The molecular formula is C20H19Cl. The SMILES string of the molecule is Clc1cccc2cc3c(cc12)CCCC31CC2C=CC1C2. The third-order valence-corrected chi connectivity index (χ3v) is 6.49. The van der Waals surface area contributed by atoms with E-state index < -0.39 is 0 Å². The molecule has 3 aliphatic rings. The van der Waals surface area contributed by atoms with Gasteiger partial charge >= 0.3 is 0 Å². The van der Waals surface area contributed by atoms with Gasteiger partial charge in [0.25, 0.3) is 0 Å². The van der Waals surface area contributed by atoms with E-state index in [0.717, 1.165) is 16.9 Å². The second-order valence-corrected chi connectivity index (χ2v) is 7.58. The van der Waals surface area contributed by atoms with E-state index in [4.69, 9.17) is 11.6 Å². The molecule has 0 saturated heterocycles. The Kier molecular flexibility index (Phi) is 2.42. The van der Waals surface area contributed by atoms with Gasteiger partial charge < -0.3 is 0 Å². The highest BCUT2D eigenvalue weighted by atomic mass is 35.5. The van der Waals surface area contributed by atoms with Gasteiger partial charge in [0.05, 0.1) is 0 Å². The quantitative estimate of drug-likeness (QED) is 0.550. The zero-order chi connectivity index (χ0) is 14.0. The summed E-state index contributed by atoms with van der Waals surface area (Å²) in [5.41, 5.74) is 3.63. The molecule has 3 unspecified atom stereocenters. The highest BCUT2D eigenvalue weighted by Gasteiger charge is 2.50. The molecule has 2 aromatic carbocycles. The van der Waals surface area contributed by atoms with E-state index in [2.05, 4.69) is 36.4 Å². The van der Waals surface area contributed by atoms with Crippen LogP contribution in [0.2, 0.25) is 5.02 Å². The molecular weight excluding hydrogens is 276 g/mol. The Morgan fingerprint density at radius 1 is 1.14 bits per heavy atom. The summed E-state index contributed by atoms with van der Waals surface area (Å²) in [6.07, 6.45) is 11.6. The van der Waals surface area contributed by atoms with Gasteiger partial charge in [0, 0.05) is 15.8 Å². The predicted octanol–water partition coefficient (Wildman–Crippen LogP) is 5.66. The molecule has 3 aliphatic carbocycles. The van der Waals surface area contributed by atoms with Crippen molar-refractivity contribution < 1.29 is 0 Å². The molecule has 3 atom stereocenters. The Morgan fingerprint density at radius 2 is 2.10 bits per heavy atom. The van der Waals surface area contributed by atoms with Crippen LogP contribution in [0.5, 0.6) is 0 Å². The number of halogens is 1. The molecule has 1 saturated carbocycles. The van der Waals surface area contributed by atoms with Crippen LogP contribution in [0.15, 0.2) is 42.5 Å². The highest BCUT2D eigenvalue weighted by molar-refractivity contribution is 6.35. The number of fused-ring (bicyclic) bond motifs is 6. The zero-order valence-electron chi connectivity index (χ0n) is 12.1. The second kappa shape index (κ2) is 4.14. The van der Waals surface area contributed by atoms with Crippen LogP contribution in [0.3, 0.4) is 0 Å². The second-order valence-electron chi connectivity index (χ2n) is 7.17. The molecule has 21 heavy (non-hydrogen) atoms. The standard InChI is InChI=1S/C20H19Cl/c21-19-5-1-3-14-11-18-15(10-17(14)19)4-2-8-20(18)12-13-6-7-16(20)9-13/h1,3,5-7,10-11,13,16H,2,4,8-9,12H2. The van der Waals surface area contributed by atoms with Crippen LogP contribution in [-0.2, 0) is 11.8 Å². The van der Waals surface area contributed by atoms with Crippen LogP contribution in [-0.4, -0.2) is 0 Å². The van der Waals surface area contributed by atoms with Gasteiger partial charge in [0.2, 0.25) is 0 Å². The Bertz CT molecular complexity index is 773. The largest absolute Gasteiger partial charge is 0.0851 e. The predicted molar refractivity (Wildman–Crippen MR) is 88.9 cm³/mol. The number of benzene rings is 2. The highest BCUT2D eigenvalue weighted by Crippen LogP contribution is 2.58. The van der Waals surface area contributed by atoms with E-state index in [-0.39, 0.29) is 0 Å². The number of allylic oxidation sites excluding steroid dienone is 2. The minimum atomic E-state index is 0.434. The lowest BCUT2D eigenvalue weighted by Gasteiger charge is -2.41. The molecule has 0 nitrogen and oxygen atoms in total. The van der Waals surface area contributed by atoms with Crippen LogP contribution >= 0.6 is 11.6 Å². The molecule has 2 aromatic rings. The lowest BCUT2D eigenvalue weighted by molar-refractivity contribution is 0.304. The van der Waals surface area contributed by atoms with E-state index in [1.165, 1.54) is 42.9 Å². The van der Waals surface area contributed by atoms with Crippen molar-refractivity contribution in [3.05, 3.63) is 58.6 Å². The summed E-state index contributed by atoms with van der Waals surface area (Å²) < 4.78 is 0. The fourth-order valence-electron chi connectivity index (χ4n) is 5.28. The number of rotatable bonds is 0. The minimum absolute atomic E-state index is 0.434. The van der Waals surface area contributed by atoms with Gasteiger partial charge in [-0.3, -0.25) is 0 Å². The molecule has 0 radical (unpaired) electrons. The van der Waals surface area contributed by atoms with Crippen LogP contribution < -0.4 is 0 Å². The summed E-state index contributed by atoms with van der Waals surface area (Å²) in [4.78, 5) is 0. The maximum Gasteiger partial charge on any atom is 0.0484 e. The van der Waals surface area contributed by atoms with Crippen LogP contribution in [0, 0.1) is 11.8 Å². The zero-order valence-corrected chi connectivity index (χ0v) is 12.9. The number of aryl methyl sites for hydroxylation is 1. The van der Waals surface area contributed by atoms with Crippen molar-refractivity contribution >= 4 is 22.4 Å². The Hall–Kier alpha value is -1.27. The maximum absolute atomic E-state index is 6.40. The van der Waals surface area contributed by atoms with Crippen LogP contribution in [0.4, 0.5) is 0 Å². The fourth-order valence-corrected chi connectivity index (χ4v) is 5.52.